The van der Waals surface area contributed by atoms with Crippen LogP contribution in [0.1, 0.15) is 68.4 Å². The van der Waals surface area contributed by atoms with Gasteiger partial charge in [0.05, 0.1) is 5.92 Å². The Labute approximate surface area is 173 Å². The second-order valence-corrected chi connectivity index (χ2v) is 8.59. The van der Waals surface area contributed by atoms with Gasteiger partial charge in [0.2, 0.25) is 5.91 Å². The van der Waals surface area contributed by atoms with Crippen LogP contribution in [-0.4, -0.2) is 30.8 Å². The van der Waals surface area contributed by atoms with Crippen LogP contribution in [0.3, 0.4) is 0 Å². The summed E-state index contributed by atoms with van der Waals surface area (Å²) in [5, 5.41) is 6.77. The van der Waals surface area contributed by atoms with Crippen molar-refractivity contribution >= 4 is 11.7 Å². The van der Waals surface area contributed by atoms with Crippen LogP contribution in [0.15, 0.2) is 30.3 Å². The lowest BCUT2D eigenvalue weighted by atomic mass is 9.85. The highest BCUT2D eigenvalue weighted by atomic mass is 16.2. The third-order valence-electron chi connectivity index (χ3n) is 7.11. The van der Waals surface area contributed by atoms with Crippen LogP contribution in [0.25, 0.3) is 0 Å². The molecule has 2 aromatic carbocycles. The predicted octanol–water partition coefficient (Wildman–Crippen LogP) is 3.85. The summed E-state index contributed by atoms with van der Waals surface area (Å²) in [6.45, 7) is 9.97. The summed E-state index contributed by atoms with van der Waals surface area (Å²) < 4.78 is 0. The molecule has 2 aromatic rings. The van der Waals surface area contributed by atoms with Crippen molar-refractivity contribution in [2.24, 2.45) is 0 Å². The monoisotopic (exact) mass is 390 g/mol. The smallest absolute Gasteiger partial charge is 0.228 e. The summed E-state index contributed by atoms with van der Waals surface area (Å²) in [6.07, 6.45) is 1.18. The van der Waals surface area contributed by atoms with Crippen molar-refractivity contribution in [3.8, 4) is 0 Å². The number of nitrogens with one attached hydrogen (secondary N) is 2. The van der Waals surface area contributed by atoms with Crippen molar-refractivity contribution in [1.29, 1.82) is 0 Å². The molecule has 0 saturated carbocycles. The van der Waals surface area contributed by atoms with Crippen LogP contribution in [0.2, 0.25) is 0 Å². The van der Waals surface area contributed by atoms with E-state index in [1.54, 1.807) is 0 Å². The molecule has 1 aliphatic carbocycles. The Morgan fingerprint density at radius 1 is 1.00 bits per heavy atom. The summed E-state index contributed by atoms with van der Waals surface area (Å²) in [6, 6.07) is 10.5. The fourth-order valence-corrected chi connectivity index (χ4v) is 5.11. The molecule has 29 heavy (non-hydrogen) atoms. The highest BCUT2D eigenvalue weighted by Crippen LogP contribution is 2.40. The quantitative estimate of drug-likeness (QED) is 0.837. The van der Waals surface area contributed by atoms with Gasteiger partial charge in [-0.05, 0) is 74.0 Å². The molecule has 1 amide bonds. The fourth-order valence-electron chi connectivity index (χ4n) is 5.11. The zero-order valence-electron chi connectivity index (χ0n) is 17.8. The molecular weight excluding hydrogens is 360 g/mol. The summed E-state index contributed by atoms with van der Waals surface area (Å²) in [5.74, 6) is -0.0284. The normalized spacial score (nSPS) is 23.7. The first-order valence-corrected chi connectivity index (χ1v) is 10.6. The van der Waals surface area contributed by atoms with E-state index in [-0.39, 0.29) is 36.0 Å². The Balaban J connectivity index is 1.63. The lowest BCUT2D eigenvalue weighted by molar-refractivity contribution is -0.123. The van der Waals surface area contributed by atoms with E-state index >= 15 is 0 Å². The lowest BCUT2D eigenvalue weighted by Gasteiger charge is -2.34. The van der Waals surface area contributed by atoms with Gasteiger partial charge in [0.15, 0.2) is 5.78 Å². The third-order valence-corrected chi connectivity index (χ3v) is 7.11. The average molecular weight is 391 g/mol. The van der Waals surface area contributed by atoms with E-state index in [2.05, 4.69) is 43.5 Å². The first-order valence-electron chi connectivity index (χ1n) is 10.6. The third kappa shape index (κ3) is 3.40. The SMILES string of the molecule is Cc1c(C)c(C)c2c(c1C)C(=O)CC2C(=O)NC1CCNCC1c1ccccc1. The molecule has 2 N–H and O–H groups in total. The number of hydrogen-bond donors (Lipinski definition) is 2. The van der Waals surface area contributed by atoms with Gasteiger partial charge >= 0.3 is 0 Å². The molecule has 4 heteroatoms. The van der Waals surface area contributed by atoms with E-state index in [0.717, 1.165) is 47.3 Å². The number of piperidine rings is 1. The van der Waals surface area contributed by atoms with Crippen molar-refractivity contribution in [3.63, 3.8) is 0 Å². The zero-order chi connectivity index (χ0) is 20.7. The maximum atomic E-state index is 13.4. The molecule has 4 nitrogen and oxygen atoms in total. The molecule has 152 valence electrons. The van der Waals surface area contributed by atoms with Crippen LogP contribution in [0.4, 0.5) is 0 Å². The van der Waals surface area contributed by atoms with Crippen LogP contribution in [0.5, 0.6) is 0 Å². The molecule has 2 aliphatic rings. The van der Waals surface area contributed by atoms with Gasteiger partial charge in [-0.15, -0.1) is 0 Å². The Morgan fingerprint density at radius 2 is 1.69 bits per heavy atom. The van der Waals surface area contributed by atoms with E-state index in [1.165, 1.54) is 11.1 Å². The molecule has 1 aliphatic heterocycles. The Bertz CT molecular complexity index is 965. The fraction of sp³-hybridized carbons (Fsp3) is 0.440. The Kier molecular flexibility index (Phi) is 5.30. The van der Waals surface area contributed by atoms with Crippen molar-refractivity contribution < 1.29 is 9.59 Å². The number of Topliss-reactive ketones (excluding diaryl/α,β-unsaturated/α-hetero) is 1. The zero-order valence-corrected chi connectivity index (χ0v) is 17.8. The minimum absolute atomic E-state index is 0.00400. The molecule has 3 unspecified atom stereocenters. The standard InChI is InChI=1S/C25H30N2O2/c1-14-15(2)17(4)24-22(28)12-19(23(24)16(14)3)25(29)27-21-10-11-26-13-20(21)18-8-6-5-7-9-18/h5-9,19-21,26H,10-13H2,1-4H3,(H,27,29). The average Bonchev–Trinajstić information content (AvgIpc) is 3.09. The van der Waals surface area contributed by atoms with E-state index in [1.807, 2.05) is 25.1 Å². The number of benzene rings is 2. The van der Waals surface area contributed by atoms with Crippen molar-refractivity contribution in [2.45, 2.75) is 58.4 Å². The summed E-state index contributed by atoms with van der Waals surface area (Å²) >= 11 is 0. The van der Waals surface area contributed by atoms with Gasteiger partial charge in [-0.2, -0.15) is 0 Å². The van der Waals surface area contributed by atoms with Crippen molar-refractivity contribution in [3.05, 3.63) is 69.3 Å². The summed E-state index contributed by atoms with van der Waals surface area (Å²) in [7, 11) is 0. The van der Waals surface area contributed by atoms with Crippen LogP contribution in [-0.2, 0) is 4.79 Å². The number of carbonyl (C=O) groups excluding carboxylic acids is 2. The summed E-state index contributed by atoms with van der Waals surface area (Å²) in [5.41, 5.74) is 7.47. The largest absolute Gasteiger partial charge is 0.352 e. The molecule has 1 saturated heterocycles. The van der Waals surface area contributed by atoms with E-state index in [0.29, 0.717) is 0 Å². The van der Waals surface area contributed by atoms with Gasteiger partial charge < -0.3 is 10.6 Å². The topological polar surface area (TPSA) is 58.2 Å². The van der Waals surface area contributed by atoms with Crippen LogP contribution in [0, 0.1) is 27.7 Å². The highest BCUT2D eigenvalue weighted by molar-refractivity contribution is 6.08. The van der Waals surface area contributed by atoms with Gasteiger partial charge in [0.25, 0.3) is 0 Å². The van der Waals surface area contributed by atoms with E-state index < -0.39 is 0 Å². The predicted molar refractivity (Wildman–Crippen MR) is 116 cm³/mol. The van der Waals surface area contributed by atoms with Crippen LogP contribution >= 0.6 is 0 Å². The van der Waals surface area contributed by atoms with Crippen molar-refractivity contribution in [2.75, 3.05) is 13.1 Å². The molecule has 0 radical (unpaired) electrons. The molecule has 0 spiro atoms. The van der Waals surface area contributed by atoms with E-state index in [4.69, 9.17) is 0 Å². The van der Waals surface area contributed by atoms with E-state index in [9.17, 15) is 9.59 Å². The van der Waals surface area contributed by atoms with Gasteiger partial charge in [-0.25, -0.2) is 0 Å². The maximum Gasteiger partial charge on any atom is 0.228 e. The second kappa shape index (κ2) is 7.75. The first-order chi connectivity index (χ1) is 13.9. The highest BCUT2D eigenvalue weighted by Gasteiger charge is 2.39. The summed E-state index contributed by atoms with van der Waals surface area (Å²) in [4.78, 5) is 26.2. The second-order valence-electron chi connectivity index (χ2n) is 8.59. The van der Waals surface area contributed by atoms with Gasteiger partial charge in [0.1, 0.15) is 0 Å². The minimum Gasteiger partial charge on any atom is -0.352 e. The number of rotatable bonds is 3. The van der Waals surface area contributed by atoms with Gasteiger partial charge in [-0.3, -0.25) is 9.59 Å². The lowest BCUT2D eigenvalue weighted by Crippen LogP contribution is -2.49. The van der Waals surface area contributed by atoms with Gasteiger partial charge in [0, 0.05) is 30.5 Å². The number of amides is 1. The molecule has 0 bridgehead atoms. The number of carbonyl (C=O) groups is 2. The first kappa shape index (κ1) is 19.8. The number of hydrogen-bond acceptors (Lipinski definition) is 3. The maximum absolute atomic E-state index is 13.4. The Hall–Kier alpha value is -2.46. The molecule has 0 aromatic heterocycles. The molecule has 1 fully saturated rings. The number of ketones is 1. The van der Waals surface area contributed by atoms with Crippen molar-refractivity contribution in [1.82, 2.24) is 10.6 Å². The number of fused-ring (bicyclic) bond motifs is 1. The minimum atomic E-state index is -0.373. The molecule has 1 heterocycles. The molecule has 4 rings (SSSR count). The molecule has 3 atom stereocenters. The van der Waals surface area contributed by atoms with Crippen LogP contribution < -0.4 is 10.6 Å². The van der Waals surface area contributed by atoms with Gasteiger partial charge in [-0.1, -0.05) is 30.3 Å². The molecular formula is C25H30N2O2. The Morgan fingerprint density at radius 3 is 2.41 bits per heavy atom.